The maximum absolute atomic E-state index is 12.8. The smallest absolute Gasteiger partial charge is 0.255 e. The van der Waals surface area contributed by atoms with E-state index < -0.39 is 6.04 Å². The van der Waals surface area contributed by atoms with Crippen LogP contribution < -0.4 is 5.32 Å². The number of nitrogens with zero attached hydrogens (tertiary/aromatic N) is 2. The third kappa shape index (κ3) is 4.04. The van der Waals surface area contributed by atoms with Gasteiger partial charge in [-0.2, -0.15) is 0 Å². The predicted octanol–water partition coefficient (Wildman–Crippen LogP) is 3.20. The van der Waals surface area contributed by atoms with Crippen molar-refractivity contribution in [2.45, 2.75) is 57.7 Å². The summed E-state index contributed by atoms with van der Waals surface area (Å²) < 4.78 is 0. The molecule has 0 aliphatic carbocycles. The van der Waals surface area contributed by atoms with Gasteiger partial charge in [-0.25, -0.2) is 0 Å². The zero-order chi connectivity index (χ0) is 21.5. The van der Waals surface area contributed by atoms with E-state index in [2.05, 4.69) is 35.3 Å². The summed E-state index contributed by atoms with van der Waals surface area (Å²) in [4.78, 5) is 43.5. The molecule has 0 spiro atoms. The quantitative estimate of drug-likeness (QED) is 0.746. The lowest BCUT2D eigenvalue weighted by Crippen LogP contribution is -2.52. The van der Waals surface area contributed by atoms with Gasteiger partial charge in [-0.1, -0.05) is 12.1 Å². The molecule has 6 nitrogen and oxygen atoms in total. The number of piperidine rings is 2. The number of rotatable bonds is 4. The second-order valence-corrected chi connectivity index (χ2v) is 10.2. The van der Waals surface area contributed by atoms with Gasteiger partial charge < -0.3 is 4.90 Å². The minimum Gasteiger partial charge on any atom is -0.322 e. The Kier molecular flexibility index (Phi) is 5.40. The average Bonchev–Trinajstić information content (AvgIpc) is 3.32. The Bertz CT molecular complexity index is 1040. The number of imide groups is 1. The molecule has 0 radical (unpaired) electrons. The molecule has 5 rings (SSSR count). The van der Waals surface area contributed by atoms with Crippen molar-refractivity contribution in [3.8, 4) is 0 Å². The van der Waals surface area contributed by atoms with Gasteiger partial charge in [0.2, 0.25) is 11.8 Å². The molecular formula is C24H27N3O3S. The van der Waals surface area contributed by atoms with Crippen molar-refractivity contribution < 1.29 is 14.4 Å². The molecule has 2 fully saturated rings. The summed E-state index contributed by atoms with van der Waals surface area (Å²) in [7, 11) is 0. The molecule has 1 aromatic heterocycles. The number of nitrogens with one attached hydrogen (secondary N) is 1. The number of aryl methyl sites for hydroxylation is 1. The van der Waals surface area contributed by atoms with Gasteiger partial charge in [0.1, 0.15) is 6.04 Å². The number of carbonyl (C=O) groups is 3. The number of likely N-dealkylation sites (tertiary alicyclic amines) is 1. The first-order valence-corrected chi connectivity index (χ1v) is 11.8. The maximum atomic E-state index is 12.8. The normalized spacial score (nSPS) is 22.7. The number of amides is 3. The first-order valence-electron chi connectivity index (χ1n) is 11.0. The third-order valence-corrected chi connectivity index (χ3v) is 7.91. The predicted molar refractivity (Wildman–Crippen MR) is 119 cm³/mol. The van der Waals surface area contributed by atoms with Gasteiger partial charge in [-0.3, -0.25) is 24.6 Å². The molecule has 3 aliphatic rings. The van der Waals surface area contributed by atoms with Gasteiger partial charge in [-0.05, 0) is 74.5 Å². The Hall–Kier alpha value is -2.51. The van der Waals surface area contributed by atoms with Gasteiger partial charge in [-0.15, -0.1) is 11.3 Å². The van der Waals surface area contributed by atoms with Gasteiger partial charge in [0.25, 0.3) is 5.91 Å². The summed E-state index contributed by atoms with van der Waals surface area (Å²) in [5.41, 5.74) is 2.87. The van der Waals surface area contributed by atoms with E-state index in [1.54, 1.807) is 4.90 Å². The van der Waals surface area contributed by atoms with E-state index in [4.69, 9.17) is 0 Å². The fourth-order valence-corrected chi connectivity index (χ4v) is 6.08. The zero-order valence-corrected chi connectivity index (χ0v) is 18.5. The van der Waals surface area contributed by atoms with E-state index in [0.717, 1.165) is 25.2 Å². The van der Waals surface area contributed by atoms with Crippen molar-refractivity contribution in [1.82, 2.24) is 15.1 Å². The molecule has 7 heteroatoms. The van der Waals surface area contributed by atoms with Crippen molar-refractivity contribution in [3.05, 3.63) is 56.8 Å². The van der Waals surface area contributed by atoms with E-state index in [0.29, 0.717) is 24.4 Å². The highest BCUT2D eigenvalue weighted by Gasteiger charge is 2.39. The van der Waals surface area contributed by atoms with Crippen LogP contribution in [0.15, 0.2) is 30.3 Å². The molecule has 162 valence electrons. The van der Waals surface area contributed by atoms with Crippen molar-refractivity contribution in [3.63, 3.8) is 0 Å². The Morgan fingerprint density at radius 2 is 1.87 bits per heavy atom. The van der Waals surface area contributed by atoms with E-state index in [-0.39, 0.29) is 24.1 Å². The third-order valence-electron chi connectivity index (χ3n) is 6.75. The lowest BCUT2D eigenvalue weighted by Gasteiger charge is -2.31. The van der Waals surface area contributed by atoms with Crippen molar-refractivity contribution >= 4 is 29.1 Å². The standard InChI is InChI=1S/C24H27N3O3S/c1-15-2-6-21(31-15)17-8-10-26(11-9-17)13-16-3-4-19-18(12-16)14-27(24(19)30)20-5-7-22(28)25-23(20)29/h2-4,6,12,17,20H,5,7-11,13-14H2,1H3,(H,25,28,29). The van der Waals surface area contributed by atoms with Crippen LogP contribution in [0.2, 0.25) is 0 Å². The number of thiophene rings is 1. The Morgan fingerprint density at radius 3 is 2.58 bits per heavy atom. The molecular weight excluding hydrogens is 410 g/mol. The van der Waals surface area contributed by atoms with Crippen molar-refractivity contribution in [2.24, 2.45) is 0 Å². The first kappa shape index (κ1) is 20.4. The molecule has 3 aliphatic heterocycles. The van der Waals surface area contributed by atoms with Crippen LogP contribution in [-0.4, -0.2) is 46.7 Å². The molecule has 2 saturated heterocycles. The summed E-state index contributed by atoms with van der Waals surface area (Å²) >= 11 is 1.92. The molecule has 1 N–H and O–H groups in total. The lowest BCUT2D eigenvalue weighted by atomic mass is 9.95. The van der Waals surface area contributed by atoms with Gasteiger partial charge in [0.05, 0.1) is 0 Å². The maximum Gasteiger partial charge on any atom is 0.255 e. The summed E-state index contributed by atoms with van der Waals surface area (Å²) in [6, 6.07) is 10.0. The molecule has 3 amide bonds. The van der Waals surface area contributed by atoms with Gasteiger partial charge in [0, 0.05) is 34.8 Å². The van der Waals surface area contributed by atoms with Crippen LogP contribution in [0.1, 0.15) is 62.8 Å². The van der Waals surface area contributed by atoms with Crippen molar-refractivity contribution in [2.75, 3.05) is 13.1 Å². The minimum absolute atomic E-state index is 0.108. The molecule has 0 saturated carbocycles. The molecule has 1 atom stereocenters. The number of fused-ring (bicyclic) bond motifs is 1. The molecule has 1 unspecified atom stereocenters. The largest absolute Gasteiger partial charge is 0.322 e. The van der Waals surface area contributed by atoms with Crippen LogP contribution in [0.4, 0.5) is 0 Å². The van der Waals surface area contributed by atoms with E-state index in [1.165, 1.54) is 28.2 Å². The van der Waals surface area contributed by atoms with Crippen LogP contribution in [0.25, 0.3) is 0 Å². The number of carbonyl (C=O) groups excluding carboxylic acids is 3. The minimum atomic E-state index is -0.555. The van der Waals surface area contributed by atoms with E-state index >= 15 is 0 Å². The summed E-state index contributed by atoms with van der Waals surface area (Å²) in [5, 5.41) is 2.36. The second-order valence-electron chi connectivity index (χ2n) is 8.89. The molecule has 31 heavy (non-hydrogen) atoms. The van der Waals surface area contributed by atoms with Gasteiger partial charge >= 0.3 is 0 Å². The monoisotopic (exact) mass is 437 g/mol. The number of benzene rings is 1. The first-order chi connectivity index (χ1) is 15.0. The van der Waals surface area contributed by atoms with E-state index in [1.807, 2.05) is 23.5 Å². The van der Waals surface area contributed by atoms with Crippen LogP contribution >= 0.6 is 11.3 Å². The van der Waals surface area contributed by atoms with Crippen LogP contribution in [0.5, 0.6) is 0 Å². The topological polar surface area (TPSA) is 69.7 Å². The Labute approximate surface area is 186 Å². The molecule has 2 aromatic rings. The Balaban J connectivity index is 1.22. The number of hydrogen-bond acceptors (Lipinski definition) is 5. The average molecular weight is 438 g/mol. The fraction of sp³-hybridized carbons (Fsp3) is 0.458. The molecule has 1 aromatic carbocycles. The fourth-order valence-electron chi connectivity index (χ4n) is 5.03. The van der Waals surface area contributed by atoms with Crippen molar-refractivity contribution in [1.29, 1.82) is 0 Å². The van der Waals surface area contributed by atoms with Crippen LogP contribution in [0, 0.1) is 6.92 Å². The van der Waals surface area contributed by atoms with Crippen LogP contribution in [0.3, 0.4) is 0 Å². The zero-order valence-electron chi connectivity index (χ0n) is 17.7. The molecule has 0 bridgehead atoms. The summed E-state index contributed by atoms with van der Waals surface area (Å²) in [6.07, 6.45) is 3.05. The summed E-state index contributed by atoms with van der Waals surface area (Å²) in [5.74, 6) is -0.0510. The highest BCUT2D eigenvalue weighted by Crippen LogP contribution is 2.34. The summed E-state index contributed by atoms with van der Waals surface area (Å²) in [6.45, 7) is 5.66. The lowest BCUT2D eigenvalue weighted by molar-refractivity contribution is -0.136. The number of hydrogen-bond donors (Lipinski definition) is 1. The molecule has 4 heterocycles. The Morgan fingerprint density at radius 1 is 1.06 bits per heavy atom. The second kappa shape index (κ2) is 8.20. The van der Waals surface area contributed by atoms with Crippen LogP contribution in [-0.2, 0) is 22.7 Å². The highest BCUT2D eigenvalue weighted by atomic mass is 32.1. The van der Waals surface area contributed by atoms with E-state index in [9.17, 15) is 14.4 Å². The highest BCUT2D eigenvalue weighted by molar-refractivity contribution is 7.12. The SMILES string of the molecule is Cc1ccc(C2CCN(Cc3ccc4c(c3)CN(C3CCC(=O)NC3=O)C4=O)CC2)s1. The van der Waals surface area contributed by atoms with Gasteiger partial charge in [0.15, 0.2) is 0 Å².